The molecule has 1 rings (SSSR count). The van der Waals surface area contributed by atoms with E-state index in [9.17, 15) is 0 Å². The van der Waals surface area contributed by atoms with Gasteiger partial charge in [0.05, 0.1) is 6.61 Å². The van der Waals surface area contributed by atoms with Gasteiger partial charge < -0.3 is 10.1 Å². The van der Waals surface area contributed by atoms with E-state index in [1.807, 2.05) is 19.2 Å². The van der Waals surface area contributed by atoms with Crippen molar-refractivity contribution < 1.29 is 4.74 Å². The third-order valence-corrected chi connectivity index (χ3v) is 2.11. The van der Waals surface area contributed by atoms with Crippen molar-refractivity contribution in [2.75, 3.05) is 20.2 Å². The van der Waals surface area contributed by atoms with Crippen molar-refractivity contribution in [2.24, 2.45) is 5.92 Å². The van der Waals surface area contributed by atoms with Crippen LogP contribution in [0, 0.1) is 12.8 Å². The molecule has 1 aromatic carbocycles. The minimum Gasteiger partial charge on any atom is -0.493 e. The largest absolute Gasteiger partial charge is 0.493 e. The maximum atomic E-state index is 5.64. The third-order valence-electron chi connectivity index (χ3n) is 2.11. The van der Waals surface area contributed by atoms with Gasteiger partial charge in [0.15, 0.2) is 0 Å². The average molecular weight is 193 g/mol. The number of hydrogen-bond acceptors (Lipinski definition) is 2. The summed E-state index contributed by atoms with van der Waals surface area (Å²) >= 11 is 0. The van der Waals surface area contributed by atoms with Gasteiger partial charge in [-0.3, -0.25) is 0 Å². The Labute approximate surface area is 86.3 Å². The number of rotatable bonds is 5. The standard InChI is InChI=1S/C12H19NO/c1-10-4-6-12(7-5-10)14-9-11(2)8-13-3/h4-7,11,13H,8-9H2,1-3H3. The van der Waals surface area contributed by atoms with Crippen LogP contribution in [0.5, 0.6) is 5.75 Å². The topological polar surface area (TPSA) is 21.3 Å². The Hall–Kier alpha value is -1.02. The van der Waals surface area contributed by atoms with Gasteiger partial charge >= 0.3 is 0 Å². The minimum atomic E-state index is 0.543. The SMILES string of the molecule is CNCC(C)COc1ccc(C)cc1. The van der Waals surface area contributed by atoms with Gasteiger partial charge in [0.1, 0.15) is 5.75 Å². The highest BCUT2D eigenvalue weighted by molar-refractivity contribution is 5.26. The lowest BCUT2D eigenvalue weighted by atomic mass is 10.2. The van der Waals surface area contributed by atoms with Gasteiger partial charge in [-0.2, -0.15) is 0 Å². The molecule has 0 bridgehead atoms. The monoisotopic (exact) mass is 193 g/mol. The van der Waals surface area contributed by atoms with Crippen LogP contribution in [0.1, 0.15) is 12.5 Å². The van der Waals surface area contributed by atoms with E-state index in [2.05, 4.69) is 31.3 Å². The van der Waals surface area contributed by atoms with Gasteiger partial charge in [-0.25, -0.2) is 0 Å². The first-order chi connectivity index (χ1) is 6.72. The predicted octanol–water partition coefficient (Wildman–Crippen LogP) is 2.23. The predicted molar refractivity (Wildman–Crippen MR) is 59.8 cm³/mol. The van der Waals surface area contributed by atoms with E-state index in [4.69, 9.17) is 4.74 Å². The van der Waals surface area contributed by atoms with Crippen molar-refractivity contribution in [3.8, 4) is 5.75 Å². The van der Waals surface area contributed by atoms with Gasteiger partial charge in [0.2, 0.25) is 0 Å². The molecule has 1 atom stereocenters. The Kier molecular flexibility index (Phi) is 4.47. The maximum Gasteiger partial charge on any atom is 0.119 e. The molecule has 0 aliphatic heterocycles. The molecule has 1 N–H and O–H groups in total. The van der Waals surface area contributed by atoms with E-state index < -0.39 is 0 Å². The minimum absolute atomic E-state index is 0.543. The summed E-state index contributed by atoms with van der Waals surface area (Å²) in [6.45, 7) is 6.01. The zero-order valence-electron chi connectivity index (χ0n) is 9.21. The normalized spacial score (nSPS) is 12.5. The summed E-state index contributed by atoms with van der Waals surface area (Å²) in [5, 5.41) is 3.13. The number of nitrogens with one attached hydrogen (secondary N) is 1. The number of aryl methyl sites for hydroxylation is 1. The quantitative estimate of drug-likeness (QED) is 0.774. The maximum absolute atomic E-state index is 5.64. The van der Waals surface area contributed by atoms with Crippen LogP contribution in [-0.2, 0) is 0 Å². The molecule has 0 aliphatic rings. The second-order valence-electron chi connectivity index (χ2n) is 3.79. The Balaban J connectivity index is 2.34. The van der Waals surface area contributed by atoms with E-state index in [0.717, 1.165) is 18.9 Å². The fourth-order valence-corrected chi connectivity index (χ4v) is 1.28. The highest BCUT2D eigenvalue weighted by atomic mass is 16.5. The molecule has 0 spiro atoms. The summed E-state index contributed by atoms with van der Waals surface area (Å²) in [6.07, 6.45) is 0. The molecule has 0 aromatic heterocycles. The summed E-state index contributed by atoms with van der Waals surface area (Å²) in [7, 11) is 1.96. The van der Waals surface area contributed by atoms with Gasteiger partial charge in [-0.05, 0) is 26.1 Å². The second-order valence-corrected chi connectivity index (χ2v) is 3.79. The third kappa shape index (κ3) is 3.79. The molecule has 14 heavy (non-hydrogen) atoms. The Morgan fingerprint density at radius 1 is 1.29 bits per heavy atom. The van der Waals surface area contributed by atoms with Gasteiger partial charge in [0, 0.05) is 12.5 Å². The van der Waals surface area contributed by atoms with Gasteiger partial charge in [0.25, 0.3) is 0 Å². The molecule has 0 aliphatic carbocycles. The molecular formula is C12H19NO. The van der Waals surface area contributed by atoms with Gasteiger partial charge in [-0.1, -0.05) is 24.6 Å². The fourth-order valence-electron chi connectivity index (χ4n) is 1.28. The number of benzene rings is 1. The van der Waals surface area contributed by atoms with E-state index in [1.165, 1.54) is 5.56 Å². The van der Waals surface area contributed by atoms with E-state index in [1.54, 1.807) is 0 Å². The van der Waals surface area contributed by atoms with E-state index in [-0.39, 0.29) is 0 Å². The molecule has 0 radical (unpaired) electrons. The summed E-state index contributed by atoms with van der Waals surface area (Å²) < 4.78 is 5.64. The molecule has 0 saturated heterocycles. The highest BCUT2D eigenvalue weighted by Gasteiger charge is 2.01. The van der Waals surface area contributed by atoms with Crippen molar-refractivity contribution in [1.29, 1.82) is 0 Å². The first-order valence-electron chi connectivity index (χ1n) is 5.06. The Morgan fingerprint density at radius 2 is 1.93 bits per heavy atom. The number of hydrogen-bond donors (Lipinski definition) is 1. The van der Waals surface area contributed by atoms with Crippen LogP contribution in [0.25, 0.3) is 0 Å². The zero-order valence-corrected chi connectivity index (χ0v) is 9.21. The van der Waals surface area contributed by atoms with Crippen LogP contribution in [0.3, 0.4) is 0 Å². The summed E-state index contributed by atoms with van der Waals surface area (Å²) in [6, 6.07) is 8.17. The molecule has 78 valence electrons. The summed E-state index contributed by atoms with van der Waals surface area (Å²) in [4.78, 5) is 0. The van der Waals surface area contributed by atoms with Gasteiger partial charge in [-0.15, -0.1) is 0 Å². The lowest BCUT2D eigenvalue weighted by molar-refractivity contribution is 0.258. The molecule has 0 fully saturated rings. The molecule has 1 unspecified atom stereocenters. The van der Waals surface area contributed by atoms with Crippen LogP contribution >= 0.6 is 0 Å². The summed E-state index contributed by atoms with van der Waals surface area (Å²) in [5.74, 6) is 1.50. The van der Waals surface area contributed by atoms with Crippen LogP contribution in [-0.4, -0.2) is 20.2 Å². The molecule has 0 amide bonds. The lowest BCUT2D eigenvalue weighted by Gasteiger charge is -2.12. The lowest BCUT2D eigenvalue weighted by Crippen LogP contribution is -2.21. The van der Waals surface area contributed by atoms with Crippen molar-refractivity contribution in [1.82, 2.24) is 5.32 Å². The van der Waals surface area contributed by atoms with Crippen LogP contribution < -0.4 is 10.1 Å². The van der Waals surface area contributed by atoms with Crippen LogP contribution in [0.2, 0.25) is 0 Å². The first kappa shape index (κ1) is 11.1. The van der Waals surface area contributed by atoms with Crippen LogP contribution in [0.15, 0.2) is 24.3 Å². The Morgan fingerprint density at radius 3 is 2.50 bits per heavy atom. The molecular weight excluding hydrogens is 174 g/mol. The van der Waals surface area contributed by atoms with Crippen LogP contribution in [0.4, 0.5) is 0 Å². The smallest absolute Gasteiger partial charge is 0.119 e. The Bertz CT molecular complexity index is 256. The van der Waals surface area contributed by atoms with Crippen molar-refractivity contribution >= 4 is 0 Å². The second kappa shape index (κ2) is 5.66. The van der Waals surface area contributed by atoms with Crippen molar-refractivity contribution in [3.05, 3.63) is 29.8 Å². The molecule has 2 heteroatoms. The first-order valence-corrected chi connectivity index (χ1v) is 5.06. The van der Waals surface area contributed by atoms with E-state index >= 15 is 0 Å². The number of ether oxygens (including phenoxy) is 1. The molecule has 2 nitrogen and oxygen atoms in total. The average Bonchev–Trinajstić information content (AvgIpc) is 2.17. The van der Waals surface area contributed by atoms with Crippen molar-refractivity contribution in [2.45, 2.75) is 13.8 Å². The van der Waals surface area contributed by atoms with E-state index in [0.29, 0.717) is 5.92 Å². The molecule has 1 aromatic rings. The zero-order chi connectivity index (χ0) is 10.4. The summed E-state index contributed by atoms with van der Waals surface area (Å²) in [5.41, 5.74) is 1.26. The molecule has 0 heterocycles. The fraction of sp³-hybridized carbons (Fsp3) is 0.500. The highest BCUT2D eigenvalue weighted by Crippen LogP contribution is 2.12. The molecule has 0 saturated carbocycles. The van der Waals surface area contributed by atoms with Crippen molar-refractivity contribution in [3.63, 3.8) is 0 Å².